The van der Waals surface area contributed by atoms with Crippen LogP contribution in [0.3, 0.4) is 0 Å². The highest BCUT2D eigenvalue weighted by atomic mass is 28.4. The summed E-state index contributed by atoms with van der Waals surface area (Å²) in [4.78, 5) is 0. The van der Waals surface area contributed by atoms with Gasteiger partial charge in [0, 0.05) is 6.61 Å². The minimum atomic E-state index is -1.36. The number of rotatable bonds is 10. The summed E-state index contributed by atoms with van der Waals surface area (Å²) in [5.41, 5.74) is 0. The summed E-state index contributed by atoms with van der Waals surface area (Å²) in [6, 6.07) is 0. The average molecular weight is 248 g/mol. The molecule has 16 heavy (non-hydrogen) atoms. The van der Waals surface area contributed by atoms with E-state index in [1.165, 1.54) is 0 Å². The Morgan fingerprint density at radius 2 is 1.31 bits per heavy atom. The maximum absolute atomic E-state index is 5.66. The van der Waals surface area contributed by atoms with Crippen LogP contribution in [0.15, 0.2) is 0 Å². The lowest BCUT2D eigenvalue weighted by molar-refractivity contribution is 0.0326. The van der Waals surface area contributed by atoms with E-state index >= 15 is 0 Å². The van der Waals surface area contributed by atoms with Crippen molar-refractivity contribution in [3.63, 3.8) is 0 Å². The highest BCUT2D eigenvalue weighted by molar-refractivity contribution is 6.69. The summed E-state index contributed by atoms with van der Waals surface area (Å²) in [6.07, 6.45) is 1.12. The molecular weight excluding hydrogens is 220 g/mol. The van der Waals surface area contributed by atoms with Gasteiger partial charge < -0.3 is 13.9 Å². The van der Waals surface area contributed by atoms with E-state index in [1.807, 2.05) is 0 Å². The molecule has 0 spiro atoms. The summed E-state index contributed by atoms with van der Waals surface area (Å²) < 4.78 is 16.5. The zero-order valence-electron chi connectivity index (χ0n) is 11.5. The predicted octanol–water partition coefficient (Wildman–Crippen LogP) is 2.92. The van der Waals surface area contributed by atoms with Gasteiger partial charge in [-0.05, 0) is 32.0 Å². The van der Waals surface area contributed by atoms with Crippen LogP contribution in [-0.2, 0) is 13.9 Å². The molecule has 0 saturated heterocycles. The van der Waals surface area contributed by atoms with Crippen LogP contribution in [0.25, 0.3) is 0 Å². The predicted molar refractivity (Wildman–Crippen MR) is 70.4 cm³/mol. The van der Waals surface area contributed by atoms with Crippen molar-refractivity contribution < 1.29 is 13.9 Å². The van der Waals surface area contributed by atoms with Crippen LogP contribution in [0, 0.1) is 5.92 Å². The maximum Gasteiger partial charge on any atom is 0.183 e. The van der Waals surface area contributed by atoms with Crippen molar-refractivity contribution in [1.82, 2.24) is 0 Å². The van der Waals surface area contributed by atoms with Gasteiger partial charge in [0.1, 0.15) is 0 Å². The Morgan fingerprint density at radius 1 is 0.812 bits per heavy atom. The normalized spacial score (nSPS) is 12.4. The lowest BCUT2D eigenvalue weighted by atomic mass is 10.1. The van der Waals surface area contributed by atoms with Gasteiger partial charge in [0.25, 0.3) is 0 Å². The van der Waals surface area contributed by atoms with E-state index in [2.05, 4.69) is 33.5 Å². The second-order valence-corrected chi connectivity index (χ2v) is 9.88. The summed E-state index contributed by atoms with van der Waals surface area (Å²) in [5, 5.41) is 0. The van der Waals surface area contributed by atoms with Gasteiger partial charge in [-0.2, -0.15) is 0 Å². The SMILES string of the molecule is CC(C)CCOCCOCCO[Si](C)(C)C. The van der Waals surface area contributed by atoms with E-state index in [0.29, 0.717) is 32.3 Å². The Morgan fingerprint density at radius 3 is 1.81 bits per heavy atom. The van der Waals surface area contributed by atoms with E-state index in [0.717, 1.165) is 13.0 Å². The lowest BCUT2D eigenvalue weighted by Gasteiger charge is -2.16. The van der Waals surface area contributed by atoms with E-state index in [9.17, 15) is 0 Å². The van der Waals surface area contributed by atoms with E-state index in [1.54, 1.807) is 0 Å². The van der Waals surface area contributed by atoms with Crippen molar-refractivity contribution in [3.05, 3.63) is 0 Å². The molecule has 0 aliphatic carbocycles. The van der Waals surface area contributed by atoms with Gasteiger partial charge in [-0.3, -0.25) is 0 Å². The second-order valence-electron chi connectivity index (χ2n) is 5.37. The molecule has 98 valence electrons. The summed E-state index contributed by atoms with van der Waals surface area (Å²) in [6.45, 7) is 14.5. The molecule has 0 aliphatic heterocycles. The third kappa shape index (κ3) is 14.1. The van der Waals surface area contributed by atoms with Gasteiger partial charge in [-0.15, -0.1) is 0 Å². The molecule has 0 aliphatic rings. The van der Waals surface area contributed by atoms with Gasteiger partial charge in [0.15, 0.2) is 8.32 Å². The molecule has 0 fully saturated rings. The van der Waals surface area contributed by atoms with E-state index in [4.69, 9.17) is 13.9 Å². The Bertz CT molecular complexity index is 155. The van der Waals surface area contributed by atoms with E-state index in [-0.39, 0.29) is 0 Å². The molecule has 0 heterocycles. The molecule has 0 amide bonds. The molecule has 0 N–H and O–H groups in total. The summed E-state index contributed by atoms with van der Waals surface area (Å²) in [5.74, 6) is 0.714. The van der Waals surface area contributed by atoms with Crippen LogP contribution in [0.4, 0.5) is 0 Å². The third-order valence-electron chi connectivity index (χ3n) is 1.97. The molecule has 0 aromatic carbocycles. The highest BCUT2D eigenvalue weighted by Crippen LogP contribution is 2.01. The first-order valence-corrected chi connectivity index (χ1v) is 9.62. The molecule has 4 heteroatoms. The molecule has 3 nitrogen and oxygen atoms in total. The minimum absolute atomic E-state index is 0.674. The molecule has 0 bridgehead atoms. The number of ether oxygens (including phenoxy) is 2. The molecule has 0 rings (SSSR count). The van der Waals surface area contributed by atoms with Crippen LogP contribution in [-0.4, -0.2) is 41.4 Å². The van der Waals surface area contributed by atoms with Crippen molar-refractivity contribution >= 4 is 8.32 Å². The van der Waals surface area contributed by atoms with Crippen LogP contribution < -0.4 is 0 Å². The van der Waals surface area contributed by atoms with Gasteiger partial charge in [0.2, 0.25) is 0 Å². The molecular formula is C12H28O3Si. The quantitative estimate of drug-likeness (QED) is 0.439. The van der Waals surface area contributed by atoms with Crippen LogP contribution in [0.5, 0.6) is 0 Å². The van der Waals surface area contributed by atoms with Crippen molar-refractivity contribution in [2.45, 2.75) is 39.9 Å². The van der Waals surface area contributed by atoms with Crippen LogP contribution in [0.1, 0.15) is 20.3 Å². The fraction of sp³-hybridized carbons (Fsp3) is 1.00. The van der Waals surface area contributed by atoms with Crippen molar-refractivity contribution in [3.8, 4) is 0 Å². The monoisotopic (exact) mass is 248 g/mol. The van der Waals surface area contributed by atoms with Gasteiger partial charge >= 0.3 is 0 Å². The molecule has 0 radical (unpaired) electrons. The molecule has 0 aromatic heterocycles. The number of hydrogen-bond acceptors (Lipinski definition) is 3. The summed E-state index contributed by atoms with van der Waals surface area (Å²) in [7, 11) is -1.36. The molecule has 0 saturated carbocycles. The largest absolute Gasteiger partial charge is 0.415 e. The van der Waals surface area contributed by atoms with Gasteiger partial charge in [-0.1, -0.05) is 13.8 Å². The van der Waals surface area contributed by atoms with Crippen molar-refractivity contribution in [1.29, 1.82) is 0 Å². The van der Waals surface area contributed by atoms with E-state index < -0.39 is 8.32 Å². The topological polar surface area (TPSA) is 27.7 Å². The smallest absolute Gasteiger partial charge is 0.183 e. The first kappa shape index (κ1) is 16.1. The van der Waals surface area contributed by atoms with Crippen molar-refractivity contribution in [2.24, 2.45) is 5.92 Å². The zero-order valence-corrected chi connectivity index (χ0v) is 12.5. The van der Waals surface area contributed by atoms with Crippen LogP contribution >= 0.6 is 0 Å². The maximum atomic E-state index is 5.66. The lowest BCUT2D eigenvalue weighted by Crippen LogP contribution is -2.27. The van der Waals surface area contributed by atoms with Gasteiger partial charge in [0.05, 0.1) is 26.4 Å². The minimum Gasteiger partial charge on any atom is -0.415 e. The van der Waals surface area contributed by atoms with Crippen LogP contribution in [0.2, 0.25) is 19.6 Å². The van der Waals surface area contributed by atoms with Crippen molar-refractivity contribution in [2.75, 3.05) is 33.0 Å². The molecule has 0 aromatic rings. The number of hydrogen-bond donors (Lipinski definition) is 0. The Hall–Kier alpha value is 0.0969. The summed E-state index contributed by atoms with van der Waals surface area (Å²) >= 11 is 0. The first-order chi connectivity index (χ1) is 7.42. The average Bonchev–Trinajstić information content (AvgIpc) is 2.13. The highest BCUT2D eigenvalue weighted by Gasteiger charge is 2.12. The van der Waals surface area contributed by atoms with Gasteiger partial charge in [-0.25, -0.2) is 0 Å². The fourth-order valence-corrected chi connectivity index (χ4v) is 1.74. The first-order valence-electron chi connectivity index (χ1n) is 6.21. The third-order valence-corrected chi connectivity index (χ3v) is 3.04. The standard InChI is InChI=1S/C12H28O3Si/c1-12(2)6-7-13-8-9-14-10-11-15-16(3,4)5/h12H,6-11H2,1-5H3. The molecule has 0 unspecified atom stereocenters. The zero-order chi connectivity index (χ0) is 12.4. The Kier molecular flexibility index (Phi) is 9.22. The Labute approximate surface area is 102 Å². The second kappa shape index (κ2) is 9.16. The fourth-order valence-electron chi connectivity index (χ4n) is 1.05. The Balaban J connectivity index is 3.05. The molecule has 0 atom stereocenters.